The van der Waals surface area contributed by atoms with Crippen LogP contribution in [0.3, 0.4) is 0 Å². The topological polar surface area (TPSA) is 111 Å². The molecular weight excluding hydrogens is 419 g/mol. The summed E-state index contributed by atoms with van der Waals surface area (Å²) in [5.74, 6) is -2.81. The molecule has 1 aliphatic rings. The van der Waals surface area contributed by atoms with Crippen LogP contribution in [0.4, 0.5) is 15.9 Å². The highest BCUT2D eigenvalue weighted by atomic mass is 19.1. The first-order valence-electron chi connectivity index (χ1n) is 9.60. The van der Waals surface area contributed by atoms with Crippen molar-refractivity contribution in [3.05, 3.63) is 76.7 Å². The van der Waals surface area contributed by atoms with E-state index in [1.807, 2.05) is 0 Å². The molecule has 0 unspecified atom stereocenters. The molecule has 162 valence electrons. The molecule has 0 radical (unpaired) electrons. The highest BCUT2D eigenvalue weighted by Crippen LogP contribution is 2.29. The summed E-state index contributed by atoms with van der Waals surface area (Å²) < 4.78 is 19.5. The quantitative estimate of drug-likeness (QED) is 0.486. The Hall–Kier alpha value is -4.34. The number of hydrogen-bond donors (Lipinski definition) is 1. The van der Waals surface area contributed by atoms with Gasteiger partial charge in [0.15, 0.2) is 0 Å². The number of hydrogen-bond acceptors (Lipinski definition) is 6. The SMILES string of the molecule is CCOC(=O)c1cnn(C)c1NC(=O)c1ccc2c(c1)C(=O)N(c1ccc(F)cc1)C2=O. The summed E-state index contributed by atoms with van der Waals surface area (Å²) in [6.45, 7) is 1.82. The van der Waals surface area contributed by atoms with Crippen molar-refractivity contribution in [3.8, 4) is 0 Å². The van der Waals surface area contributed by atoms with Gasteiger partial charge in [-0.2, -0.15) is 5.10 Å². The Balaban J connectivity index is 1.62. The van der Waals surface area contributed by atoms with Crippen molar-refractivity contribution in [3.63, 3.8) is 0 Å². The summed E-state index contributed by atoms with van der Waals surface area (Å²) in [7, 11) is 1.55. The molecule has 10 heteroatoms. The van der Waals surface area contributed by atoms with E-state index in [1.54, 1.807) is 14.0 Å². The second-order valence-electron chi connectivity index (χ2n) is 6.89. The van der Waals surface area contributed by atoms with E-state index >= 15 is 0 Å². The number of aromatic nitrogens is 2. The van der Waals surface area contributed by atoms with Crippen molar-refractivity contribution in [1.29, 1.82) is 0 Å². The molecule has 0 saturated heterocycles. The normalized spacial score (nSPS) is 12.7. The van der Waals surface area contributed by atoms with Gasteiger partial charge >= 0.3 is 5.97 Å². The zero-order chi connectivity index (χ0) is 23.0. The van der Waals surface area contributed by atoms with Crippen LogP contribution in [0.25, 0.3) is 0 Å². The Bertz CT molecular complexity index is 1270. The van der Waals surface area contributed by atoms with E-state index in [9.17, 15) is 23.6 Å². The molecular formula is C22H17FN4O5. The highest BCUT2D eigenvalue weighted by molar-refractivity contribution is 6.34. The minimum atomic E-state index is -0.638. The van der Waals surface area contributed by atoms with Gasteiger partial charge in [0.2, 0.25) is 0 Å². The average molecular weight is 436 g/mol. The van der Waals surface area contributed by atoms with Gasteiger partial charge in [0.25, 0.3) is 17.7 Å². The van der Waals surface area contributed by atoms with E-state index in [0.29, 0.717) is 0 Å². The number of rotatable bonds is 5. The van der Waals surface area contributed by atoms with Gasteiger partial charge in [-0.15, -0.1) is 0 Å². The van der Waals surface area contributed by atoms with Gasteiger partial charge in [-0.1, -0.05) is 0 Å². The fourth-order valence-electron chi connectivity index (χ4n) is 3.33. The number of benzene rings is 2. The number of amides is 3. The zero-order valence-electron chi connectivity index (χ0n) is 17.1. The van der Waals surface area contributed by atoms with Gasteiger partial charge < -0.3 is 10.1 Å². The lowest BCUT2D eigenvalue weighted by atomic mass is 10.1. The van der Waals surface area contributed by atoms with Crippen molar-refractivity contribution in [1.82, 2.24) is 9.78 Å². The van der Waals surface area contributed by atoms with Gasteiger partial charge in [-0.25, -0.2) is 14.1 Å². The molecule has 3 aromatic rings. The number of anilines is 2. The smallest absolute Gasteiger partial charge is 0.343 e. The second-order valence-corrected chi connectivity index (χ2v) is 6.89. The fraction of sp³-hybridized carbons (Fsp3) is 0.136. The van der Waals surface area contributed by atoms with Gasteiger partial charge in [0.1, 0.15) is 17.2 Å². The molecule has 9 nitrogen and oxygen atoms in total. The van der Waals surface area contributed by atoms with Crippen LogP contribution < -0.4 is 10.2 Å². The van der Waals surface area contributed by atoms with Crippen LogP contribution in [-0.4, -0.2) is 40.1 Å². The molecule has 0 saturated carbocycles. The van der Waals surface area contributed by atoms with Crippen molar-refractivity contribution in [2.45, 2.75) is 6.92 Å². The minimum Gasteiger partial charge on any atom is -0.462 e. The van der Waals surface area contributed by atoms with Crippen molar-refractivity contribution in [2.24, 2.45) is 7.05 Å². The maximum atomic E-state index is 13.2. The molecule has 32 heavy (non-hydrogen) atoms. The Labute approximate surface area is 181 Å². The maximum absolute atomic E-state index is 13.2. The molecule has 0 fully saturated rings. The molecule has 1 aliphatic heterocycles. The van der Waals surface area contributed by atoms with Crippen LogP contribution in [0.15, 0.2) is 48.7 Å². The zero-order valence-corrected chi connectivity index (χ0v) is 17.1. The predicted molar refractivity (Wildman–Crippen MR) is 111 cm³/mol. The fourth-order valence-corrected chi connectivity index (χ4v) is 3.33. The monoisotopic (exact) mass is 436 g/mol. The Morgan fingerprint density at radius 3 is 2.44 bits per heavy atom. The van der Waals surface area contributed by atoms with Crippen molar-refractivity contribution < 1.29 is 28.3 Å². The lowest BCUT2D eigenvalue weighted by Crippen LogP contribution is -2.29. The highest BCUT2D eigenvalue weighted by Gasteiger charge is 2.37. The third kappa shape index (κ3) is 3.51. The van der Waals surface area contributed by atoms with Gasteiger partial charge in [-0.05, 0) is 49.4 Å². The first-order chi connectivity index (χ1) is 15.3. The lowest BCUT2D eigenvalue weighted by molar-refractivity contribution is 0.0527. The van der Waals surface area contributed by atoms with Crippen LogP contribution in [0.1, 0.15) is 48.4 Å². The molecule has 0 atom stereocenters. The van der Waals surface area contributed by atoms with E-state index in [0.717, 1.165) is 17.0 Å². The van der Waals surface area contributed by atoms with Gasteiger partial charge in [0.05, 0.1) is 29.6 Å². The molecule has 0 spiro atoms. The van der Waals surface area contributed by atoms with Gasteiger partial charge in [0, 0.05) is 12.6 Å². The summed E-state index contributed by atoms with van der Waals surface area (Å²) in [5.41, 5.74) is 0.572. The maximum Gasteiger partial charge on any atom is 0.343 e. The van der Waals surface area contributed by atoms with Gasteiger partial charge in [-0.3, -0.25) is 19.1 Å². The molecule has 4 rings (SSSR count). The van der Waals surface area contributed by atoms with E-state index in [-0.39, 0.29) is 40.4 Å². The third-order valence-corrected chi connectivity index (χ3v) is 4.90. The number of ether oxygens (including phenoxy) is 1. The Kier molecular flexibility index (Phi) is 5.27. The molecule has 2 heterocycles. The number of nitrogens with one attached hydrogen (secondary N) is 1. The number of fused-ring (bicyclic) bond motifs is 1. The average Bonchev–Trinajstić information content (AvgIpc) is 3.26. The predicted octanol–water partition coefficient (Wildman–Crippen LogP) is 2.79. The number of esters is 1. The molecule has 2 aromatic carbocycles. The largest absolute Gasteiger partial charge is 0.462 e. The summed E-state index contributed by atoms with van der Waals surface area (Å²) in [4.78, 5) is 51.4. The summed E-state index contributed by atoms with van der Waals surface area (Å²) in [6.07, 6.45) is 1.28. The summed E-state index contributed by atoms with van der Waals surface area (Å²) >= 11 is 0. The molecule has 0 bridgehead atoms. The number of carbonyl (C=O) groups excluding carboxylic acids is 4. The van der Waals surface area contributed by atoms with Crippen LogP contribution in [0.5, 0.6) is 0 Å². The van der Waals surface area contributed by atoms with Crippen molar-refractivity contribution >= 4 is 35.2 Å². The number of nitrogens with zero attached hydrogens (tertiary/aromatic N) is 3. The molecule has 1 aromatic heterocycles. The Morgan fingerprint density at radius 2 is 1.75 bits per heavy atom. The lowest BCUT2D eigenvalue weighted by Gasteiger charge is -2.13. The first kappa shape index (κ1) is 20.9. The number of imide groups is 1. The molecule has 1 N–H and O–H groups in total. The van der Waals surface area contributed by atoms with E-state index < -0.39 is 29.5 Å². The first-order valence-corrected chi connectivity index (χ1v) is 9.60. The van der Waals surface area contributed by atoms with E-state index in [2.05, 4.69) is 10.4 Å². The van der Waals surface area contributed by atoms with Crippen molar-refractivity contribution in [2.75, 3.05) is 16.8 Å². The minimum absolute atomic E-state index is 0.0441. The van der Waals surface area contributed by atoms with Crippen LogP contribution in [0, 0.1) is 5.82 Å². The number of carbonyl (C=O) groups is 4. The summed E-state index contributed by atoms with van der Waals surface area (Å²) in [6, 6.07) is 9.01. The molecule has 0 aliphatic carbocycles. The number of halogens is 1. The molecule has 3 amide bonds. The second kappa shape index (κ2) is 8.06. The summed E-state index contributed by atoms with van der Waals surface area (Å²) in [5, 5.41) is 6.56. The van der Waals surface area contributed by atoms with Crippen LogP contribution >= 0.6 is 0 Å². The number of aryl methyl sites for hydroxylation is 1. The van der Waals surface area contributed by atoms with Crippen LogP contribution in [-0.2, 0) is 11.8 Å². The van der Waals surface area contributed by atoms with E-state index in [4.69, 9.17) is 4.74 Å². The Morgan fingerprint density at radius 1 is 1.06 bits per heavy atom. The standard InChI is InChI=1S/C22H17FN4O5/c1-3-32-22(31)17-11-24-26(2)18(17)25-19(28)12-4-9-15-16(10-12)21(30)27(20(15)29)14-7-5-13(23)6-8-14/h4-11H,3H2,1-2H3,(H,25,28). The third-order valence-electron chi connectivity index (χ3n) is 4.90. The van der Waals surface area contributed by atoms with E-state index in [1.165, 1.54) is 41.2 Å². The van der Waals surface area contributed by atoms with Crippen LogP contribution in [0.2, 0.25) is 0 Å².